The van der Waals surface area contributed by atoms with Crippen molar-refractivity contribution in [2.75, 3.05) is 7.05 Å². The zero-order chi connectivity index (χ0) is 17.1. The van der Waals surface area contributed by atoms with Crippen LogP contribution in [0.15, 0.2) is 30.3 Å². The quantitative estimate of drug-likeness (QED) is 0.761. The highest BCUT2D eigenvalue weighted by Crippen LogP contribution is 2.15. The maximum Gasteiger partial charge on any atom is 0.230 e. The van der Waals surface area contributed by atoms with Gasteiger partial charge in [0.15, 0.2) is 5.82 Å². The molecule has 0 bridgehead atoms. The van der Waals surface area contributed by atoms with Crippen molar-refractivity contribution in [1.29, 1.82) is 0 Å². The molecule has 2 aromatic heterocycles. The normalized spacial score (nSPS) is 10.8. The zero-order valence-corrected chi connectivity index (χ0v) is 13.9. The molecule has 2 heterocycles. The number of rotatable bonds is 5. The van der Waals surface area contributed by atoms with E-state index >= 15 is 0 Å². The number of tetrazole rings is 1. The standard InChI is InChI=1S/C16H19N7O/c1-11-7-12(2)23(19-11)14-6-4-5-13(8-14)10-22(3)16(24)9-15-17-20-21-18-15/h4-8H,9-10H2,1-3H3,(H,17,18,20,21). The molecule has 0 aliphatic carbocycles. The highest BCUT2D eigenvalue weighted by atomic mass is 16.2. The van der Waals surface area contributed by atoms with Gasteiger partial charge >= 0.3 is 0 Å². The lowest BCUT2D eigenvalue weighted by Gasteiger charge is -2.17. The van der Waals surface area contributed by atoms with Gasteiger partial charge in [-0.3, -0.25) is 4.79 Å². The average molecular weight is 325 g/mol. The first kappa shape index (κ1) is 15.9. The molecule has 0 saturated carbocycles. The van der Waals surface area contributed by atoms with Gasteiger partial charge in [0.25, 0.3) is 0 Å². The second-order valence-corrected chi connectivity index (χ2v) is 5.76. The molecule has 1 aromatic carbocycles. The smallest absolute Gasteiger partial charge is 0.230 e. The van der Waals surface area contributed by atoms with Crippen LogP contribution in [0.25, 0.3) is 5.69 Å². The van der Waals surface area contributed by atoms with Crippen molar-refractivity contribution in [3.8, 4) is 5.69 Å². The summed E-state index contributed by atoms with van der Waals surface area (Å²) in [6.07, 6.45) is 0.129. The van der Waals surface area contributed by atoms with E-state index in [0.29, 0.717) is 12.4 Å². The summed E-state index contributed by atoms with van der Waals surface area (Å²) in [5.41, 5.74) is 4.07. The van der Waals surface area contributed by atoms with Gasteiger partial charge in [-0.15, -0.1) is 10.2 Å². The van der Waals surface area contributed by atoms with Gasteiger partial charge in [0.05, 0.1) is 17.8 Å². The Morgan fingerprint density at radius 2 is 2.12 bits per heavy atom. The van der Waals surface area contributed by atoms with E-state index in [4.69, 9.17) is 0 Å². The maximum atomic E-state index is 12.2. The molecule has 1 amide bonds. The zero-order valence-electron chi connectivity index (χ0n) is 13.9. The number of aromatic nitrogens is 6. The van der Waals surface area contributed by atoms with Crippen LogP contribution in [-0.4, -0.2) is 48.3 Å². The maximum absolute atomic E-state index is 12.2. The minimum Gasteiger partial charge on any atom is -0.341 e. The van der Waals surface area contributed by atoms with E-state index in [2.05, 4.69) is 25.7 Å². The lowest BCUT2D eigenvalue weighted by atomic mass is 10.2. The summed E-state index contributed by atoms with van der Waals surface area (Å²) >= 11 is 0. The lowest BCUT2D eigenvalue weighted by Crippen LogP contribution is -2.28. The largest absolute Gasteiger partial charge is 0.341 e. The van der Waals surface area contributed by atoms with Gasteiger partial charge in [0.1, 0.15) is 0 Å². The third-order valence-electron chi connectivity index (χ3n) is 3.71. The number of aryl methyl sites for hydroxylation is 2. The highest BCUT2D eigenvalue weighted by molar-refractivity contribution is 5.77. The number of aromatic amines is 1. The van der Waals surface area contributed by atoms with E-state index in [1.807, 2.05) is 48.9 Å². The van der Waals surface area contributed by atoms with Gasteiger partial charge in [-0.1, -0.05) is 17.3 Å². The van der Waals surface area contributed by atoms with Crippen molar-refractivity contribution in [3.63, 3.8) is 0 Å². The third kappa shape index (κ3) is 3.48. The molecule has 0 spiro atoms. The molecule has 124 valence electrons. The molecule has 3 aromatic rings. The Morgan fingerprint density at radius 1 is 1.29 bits per heavy atom. The van der Waals surface area contributed by atoms with Crippen LogP contribution in [0.2, 0.25) is 0 Å². The number of H-pyrrole nitrogens is 1. The van der Waals surface area contributed by atoms with Gasteiger partial charge in [-0.2, -0.15) is 10.3 Å². The minimum absolute atomic E-state index is 0.0621. The van der Waals surface area contributed by atoms with E-state index in [1.165, 1.54) is 0 Å². The van der Waals surface area contributed by atoms with Crippen LogP contribution in [0.1, 0.15) is 22.8 Å². The summed E-state index contributed by atoms with van der Waals surface area (Å²) in [5.74, 6) is 0.330. The molecule has 0 unspecified atom stereocenters. The fourth-order valence-corrected chi connectivity index (χ4v) is 2.57. The summed E-state index contributed by atoms with van der Waals surface area (Å²) in [6, 6.07) is 10.0. The van der Waals surface area contributed by atoms with E-state index in [1.54, 1.807) is 11.9 Å². The number of benzene rings is 1. The number of hydrogen-bond acceptors (Lipinski definition) is 5. The van der Waals surface area contributed by atoms with Gasteiger partial charge < -0.3 is 4.90 Å². The molecular formula is C16H19N7O. The summed E-state index contributed by atoms with van der Waals surface area (Å²) < 4.78 is 1.90. The van der Waals surface area contributed by atoms with Crippen LogP contribution in [0.3, 0.4) is 0 Å². The lowest BCUT2D eigenvalue weighted by molar-refractivity contribution is -0.129. The van der Waals surface area contributed by atoms with Crippen molar-refractivity contribution in [2.45, 2.75) is 26.8 Å². The van der Waals surface area contributed by atoms with E-state index < -0.39 is 0 Å². The number of carbonyl (C=O) groups excluding carboxylic acids is 1. The van der Waals surface area contributed by atoms with Crippen molar-refractivity contribution >= 4 is 5.91 Å². The fraction of sp³-hybridized carbons (Fsp3) is 0.312. The van der Waals surface area contributed by atoms with Crippen LogP contribution in [-0.2, 0) is 17.8 Å². The monoisotopic (exact) mass is 325 g/mol. The molecule has 8 nitrogen and oxygen atoms in total. The minimum atomic E-state index is -0.0621. The first-order chi connectivity index (χ1) is 11.5. The number of carbonyl (C=O) groups is 1. The van der Waals surface area contributed by atoms with Crippen molar-refractivity contribution in [2.24, 2.45) is 0 Å². The van der Waals surface area contributed by atoms with Crippen LogP contribution in [0, 0.1) is 13.8 Å². The van der Waals surface area contributed by atoms with Crippen LogP contribution < -0.4 is 0 Å². The molecule has 0 radical (unpaired) electrons. The molecule has 8 heteroatoms. The molecule has 0 fully saturated rings. The SMILES string of the molecule is Cc1cc(C)n(-c2cccc(CN(C)C(=O)Cc3nn[nH]n3)c2)n1. The van der Waals surface area contributed by atoms with Gasteiger partial charge in [0, 0.05) is 19.3 Å². The molecule has 24 heavy (non-hydrogen) atoms. The highest BCUT2D eigenvalue weighted by Gasteiger charge is 2.13. The first-order valence-electron chi connectivity index (χ1n) is 7.62. The predicted molar refractivity (Wildman–Crippen MR) is 87.4 cm³/mol. The second-order valence-electron chi connectivity index (χ2n) is 5.76. The average Bonchev–Trinajstić information content (AvgIpc) is 3.17. The summed E-state index contributed by atoms with van der Waals surface area (Å²) in [4.78, 5) is 13.9. The number of nitrogens with zero attached hydrogens (tertiary/aromatic N) is 6. The molecule has 0 saturated heterocycles. The Bertz CT molecular complexity index is 838. The molecule has 0 aliphatic heterocycles. The third-order valence-corrected chi connectivity index (χ3v) is 3.71. The van der Waals surface area contributed by atoms with Crippen LogP contribution in [0.4, 0.5) is 0 Å². The van der Waals surface area contributed by atoms with Crippen molar-refractivity contribution in [1.82, 2.24) is 35.3 Å². The number of hydrogen-bond donors (Lipinski definition) is 1. The molecule has 0 aliphatic rings. The molecule has 3 rings (SSSR count). The number of likely N-dealkylation sites (N-methyl/N-ethyl adjacent to an activating group) is 1. The predicted octanol–water partition coefficient (Wildman–Crippen LogP) is 1.20. The van der Waals surface area contributed by atoms with Crippen LogP contribution >= 0.6 is 0 Å². The Morgan fingerprint density at radius 3 is 2.79 bits per heavy atom. The Hall–Kier alpha value is -3.03. The van der Waals surface area contributed by atoms with Crippen molar-refractivity contribution < 1.29 is 4.79 Å². The molecule has 0 atom stereocenters. The Balaban J connectivity index is 1.72. The van der Waals surface area contributed by atoms with Gasteiger partial charge in [0.2, 0.25) is 5.91 Å². The van der Waals surface area contributed by atoms with Crippen molar-refractivity contribution in [3.05, 3.63) is 53.1 Å². The molecule has 1 N–H and O–H groups in total. The van der Waals surface area contributed by atoms with Crippen LogP contribution in [0.5, 0.6) is 0 Å². The Kier molecular flexibility index (Phi) is 4.37. The van der Waals surface area contributed by atoms with Gasteiger partial charge in [-0.25, -0.2) is 4.68 Å². The fourth-order valence-electron chi connectivity index (χ4n) is 2.57. The molecular weight excluding hydrogens is 306 g/mol. The first-order valence-corrected chi connectivity index (χ1v) is 7.62. The summed E-state index contributed by atoms with van der Waals surface area (Å²) in [5, 5.41) is 17.9. The van der Waals surface area contributed by atoms with Gasteiger partial charge in [-0.05, 0) is 37.6 Å². The number of nitrogens with one attached hydrogen (secondary N) is 1. The number of amides is 1. The van der Waals surface area contributed by atoms with E-state index in [9.17, 15) is 4.79 Å². The van der Waals surface area contributed by atoms with E-state index in [0.717, 1.165) is 22.6 Å². The topological polar surface area (TPSA) is 92.6 Å². The summed E-state index contributed by atoms with van der Waals surface area (Å²) in [7, 11) is 1.76. The Labute approximate surface area is 139 Å². The van der Waals surface area contributed by atoms with E-state index in [-0.39, 0.29) is 12.3 Å². The second kappa shape index (κ2) is 6.61. The summed E-state index contributed by atoms with van der Waals surface area (Å²) in [6.45, 7) is 4.49.